The van der Waals surface area contributed by atoms with Crippen molar-refractivity contribution in [3.63, 3.8) is 0 Å². The van der Waals surface area contributed by atoms with Crippen LogP contribution in [0.1, 0.15) is 31.9 Å². The van der Waals surface area contributed by atoms with Crippen LogP contribution in [0, 0.1) is 6.92 Å². The lowest BCUT2D eigenvalue weighted by Gasteiger charge is -2.24. The molecule has 0 heterocycles. The lowest BCUT2D eigenvalue weighted by molar-refractivity contribution is 0.401. The second kappa shape index (κ2) is 5.24. The smallest absolute Gasteiger partial charge is 0.121 e. The second-order valence-electron chi connectivity index (χ2n) is 4.95. The molecule has 0 aliphatic carbocycles. The fourth-order valence-electron chi connectivity index (χ4n) is 1.75. The predicted molar refractivity (Wildman–Crippen MR) is 72.5 cm³/mol. The molecule has 0 unspecified atom stereocenters. The van der Waals surface area contributed by atoms with E-state index >= 15 is 0 Å². The number of hydrogen-bond donors (Lipinski definition) is 0. The molecule has 0 amide bonds. The third-order valence-electron chi connectivity index (χ3n) is 2.50. The topological polar surface area (TPSA) is 9.23 Å². The van der Waals surface area contributed by atoms with Crippen LogP contribution in [0.5, 0.6) is 5.75 Å². The van der Waals surface area contributed by atoms with Crippen LogP contribution >= 0.6 is 11.6 Å². The number of methoxy groups -OCH3 is 1. The highest BCUT2D eigenvalue weighted by atomic mass is 35.5. The van der Waals surface area contributed by atoms with Crippen molar-refractivity contribution in [1.82, 2.24) is 0 Å². The average Bonchev–Trinajstić information content (AvgIpc) is 2.16. The summed E-state index contributed by atoms with van der Waals surface area (Å²) >= 11 is 5.84. The minimum Gasteiger partial charge on any atom is -0.497 e. The summed E-state index contributed by atoms with van der Waals surface area (Å²) in [5, 5.41) is 1.24. The van der Waals surface area contributed by atoms with Gasteiger partial charge in [-0.05, 0) is 23.1 Å². The maximum Gasteiger partial charge on any atom is 0.121 e. The van der Waals surface area contributed by atoms with Gasteiger partial charge in [0, 0.05) is 5.50 Å². The summed E-state index contributed by atoms with van der Waals surface area (Å²) in [6, 6.07) is 4.38. The lowest BCUT2D eigenvalue weighted by Crippen LogP contribution is -2.24. The molecule has 0 spiro atoms. The largest absolute Gasteiger partial charge is 0.497 e. The van der Waals surface area contributed by atoms with Gasteiger partial charge in [-0.15, -0.1) is 11.6 Å². The highest BCUT2D eigenvalue weighted by Gasteiger charge is 2.21. The van der Waals surface area contributed by atoms with Gasteiger partial charge in [0.05, 0.1) is 7.11 Å². The van der Waals surface area contributed by atoms with Gasteiger partial charge in [0.1, 0.15) is 15.3 Å². The first-order valence-corrected chi connectivity index (χ1v) is 7.13. The molecule has 0 aliphatic heterocycles. The molecule has 0 saturated carbocycles. The molecule has 0 N–H and O–H groups in total. The Balaban J connectivity index is 3.36. The van der Waals surface area contributed by atoms with Crippen LogP contribution < -0.4 is 9.92 Å². The molecular weight excluding hydrogens is 236 g/mol. The highest BCUT2D eigenvalue weighted by molar-refractivity contribution is 6.63. The first-order valence-electron chi connectivity index (χ1n) is 5.39. The molecule has 3 heteroatoms. The van der Waals surface area contributed by atoms with Crippen molar-refractivity contribution in [1.29, 1.82) is 0 Å². The summed E-state index contributed by atoms with van der Waals surface area (Å²) in [7, 11) is 2.34. The second-order valence-corrected chi connectivity index (χ2v) is 6.91. The van der Waals surface area contributed by atoms with E-state index < -0.39 is 0 Å². The SMILES string of the molecule is COc1c([Si]CCl)cc(C)cc1C(C)(C)C. The fourth-order valence-corrected chi connectivity index (χ4v) is 3.06. The highest BCUT2D eigenvalue weighted by Crippen LogP contribution is 2.30. The van der Waals surface area contributed by atoms with Crippen LogP contribution in [-0.4, -0.2) is 22.1 Å². The Morgan fingerprint density at radius 1 is 1.31 bits per heavy atom. The quantitative estimate of drug-likeness (QED) is 0.596. The number of aryl methyl sites for hydroxylation is 1. The van der Waals surface area contributed by atoms with Crippen molar-refractivity contribution >= 4 is 26.3 Å². The van der Waals surface area contributed by atoms with Crippen molar-refractivity contribution in [3.05, 3.63) is 23.3 Å². The number of ether oxygens (including phenoxy) is 1. The third kappa shape index (κ3) is 3.02. The number of alkyl halides is 1. The zero-order valence-electron chi connectivity index (χ0n) is 10.6. The summed E-state index contributed by atoms with van der Waals surface area (Å²) in [6.45, 7) is 8.74. The maximum absolute atomic E-state index is 5.84. The molecule has 0 bridgehead atoms. The minimum atomic E-state index is 0.100. The standard InChI is InChI=1S/C13H19ClOSi/c1-9-6-10(13(2,3)4)12(15-5)11(7-9)16-8-14/h6-7H,8H2,1-5H3. The summed E-state index contributed by atoms with van der Waals surface area (Å²) in [5.74, 6) is 1.01. The van der Waals surface area contributed by atoms with Gasteiger partial charge >= 0.3 is 0 Å². The Hall–Kier alpha value is -0.473. The van der Waals surface area contributed by atoms with Gasteiger partial charge in [-0.1, -0.05) is 38.5 Å². The van der Waals surface area contributed by atoms with Gasteiger partial charge in [-0.3, -0.25) is 0 Å². The summed E-state index contributed by atoms with van der Waals surface area (Å²) in [5.41, 5.74) is 3.30. The molecule has 0 aliphatic rings. The lowest BCUT2D eigenvalue weighted by atomic mass is 9.85. The van der Waals surface area contributed by atoms with Gasteiger partial charge in [0.15, 0.2) is 0 Å². The Morgan fingerprint density at radius 3 is 2.38 bits per heavy atom. The fraction of sp³-hybridized carbons (Fsp3) is 0.538. The van der Waals surface area contributed by atoms with Crippen LogP contribution in [-0.2, 0) is 5.41 Å². The van der Waals surface area contributed by atoms with E-state index in [2.05, 4.69) is 39.8 Å². The number of rotatable bonds is 3. The Morgan fingerprint density at radius 2 is 1.94 bits per heavy atom. The van der Waals surface area contributed by atoms with Gasteiger partial charge in [0.25, 0.3) is 0 Å². The molecule has 1 aromatic carbocycles. The van der Waals surface area contributed by atoms with Crippen molar-refractivity contribution in [2.45, 2.75) is 33.1 Å². The molecule has 1 aromatic rings. The van der Waals surface area contributed by atoms with Crippen LogP contribution in [0.3, 0.4) is 0 Å². The van der Waals surface area contributed by atoms with Gasteiger partial charge in [-0.25, -0.2) is 0 Å². The molecule has 2 radical (unpaired) electrons. The van der Waals surface area contributed by atoms with Crippen LogP contribution in [0.15, 0.2) is 12.1 Å². The van der Waals surface area contributed by atoms with Gasteiger partial charge < -0.3 is 4.74 Å². The van der Waals surface area contributed by atoms with Crippen LogP contribution in [0.2, 0.25) is 0 Å². The minimum absolute atomic E-state index is 0.100. The molecule has 0 fully saturated rings. The number of hydrogen-bond acceptors (Lipinski definition) is 1. The molecule has 0 aromatic heterocycles. The van der Waals surface area contributed by atoms with Crippen LogP contribution in [0.25, 0.3) is 0 Å². The van der Waals surface area contributed by atoms with E-state index in [9.17, 15) is 0 Å². The zero-order valence-corrected chi connectivity index (χ0v) is 12.4. The van der Waals surface area contributed by atoms with E-state index in [0.717, 1.165) is 5.75 Å². The molecule has 16 heavy (non-hydrogen) atoms. The zero-order chi connectivity index (χ0) is 12.3. The molecule has 1 rings (SSSR count). The number of halogens is 1. The van der Waals surface area contributed by atoms with E-state index in [0.29, 0.717) is 15.0 Å². The molecule has 88 valence electrons. The molecule has 0 atom stereocenters. The van der Waals surface area contributed by atoms with Crippen LogP contribution in [0.4, 0.5) is 0 Å². The predicted octanol–water partition coefficient (Wildman–Crippen LogP) is 2.83. The first kappa shape index (κ1) is 13.6. The van der Waals surface area contributed by atoms with Crippen molar-refractivity contribution < 1.29 is 4.74 Å². The van der Waals surface area contributed by atoms with E-state index in [-0.39, 0.29) is 5.41 Å². The van der Waals surface area contributed by atoms with Gasteiger partial charge in [-0.2, -0.15) is 0 Å². The average molecular weight is 255 g/mol. The van der Waals surface area contributed by atoms with E-state index in [1.54, 1.807) is 7.11 Å². The Labute approximate surface area is 106 Å². The first-order chi connectivity index (χ1) is 7.40. The van der Waals surface area contributed by atoms with E-state index in [1.165, 1.54) is 16.3 Å². The molecular formula is C13H19ClOSi. The van der Waals surface area contributed by atoms with E-state index in [1.807, 2.05) is 0 Å². The molecule has 0 saturated heterocycles. The molecule has 1 nitrogen and oxygen atoms in total. The maximum atomic E-state index is 5.84. The third-order valence-corrected chi connectivity index (χ3v) is 3.79. The number of benzene rings is 1. The Kier molecular flexibility index (Phi) is 4.45. The van der Waals surface area contributed by atoms with Crippen molar-refractivity contribution in [2.75, 3.05) is 12.6 Å². The van der Waals surface area contributed by atoms with Gasteiger partial charge in [0.2, 0.25) is 0 Å². The summed E-state index contributed by atoms with van der Waals surface area (Å²) in [6.07, 6.45) is 0. The van der Waals surface area contributed by atoms with Crippen molar-refractivity contribution in [3.8, 4) is 5.75 Å². The monoisotopic (exact) mass is 254 g/mol. The van der Waals surface area contributed by atoms with Crippen molar-refractivity contribution in [2.24, 2.45) is 0 Å². The Bertz CT molecular complexity index is 369. The normalized spacial score (nSPS) is 11.6. The summed E-state index contributed by atoms with van der Waals surface area (Å²) in [4.78, 5) is 0. The van der Waals surface area contributed by atoms with E-state index in [4.69, 9.17) is 16.3 Å². The summed E-state index contributed by atoms with van der Waals surface area (Å²) < 4.78 is 5.56.